The SMILES string of the molecule is C[C@@H]1CC[C@H](C(=O)O)N1C(=O)OC(C)(C)C.C[C@@H]1CC[C@H](C(=O)O)N1C(=O)OC(C)(C)C. The maximum Gasteiger partial charge on any atom is 0.411 e. The van der Waals surface area contributed by atoms with E-state index in [1.807, 2.05) is 13.8 Å². The van der Waals surface area contributed by atoms with E-state index in [9.17, 15) is 19.2 Å². The van der Waals surface area contributed by atoms with Gasteiger partial charge >= 0.3 is 24.1 Å². The Hall–Kier alpha value is -2.52. The lowest BCUT2D eigenvalue weighted by Crippen LogP contribution is -2.46. The number of likely N-dealkylation sites (tertiary alicyclic amines) is 2. The molecule has 184 valence electrons. The van der Waals surface area contributed by atoms with E-state index in [4.69, 9.17) is 19.7 Å². The van der Waals surface area contributed by atoms with Crippen LogP contribution in [-0.4, -0.2) is 79.5 Å². The van der Waals surface area contributed by atoms with E-state index >= 15 is 0 Å². The van der Waals surface area contributed by atoms with Crippen molar-refractivity contribution < 1.29 is 38.9 Å². The van der Waals surface area contributed by atoms with E-state index in [1.165, 1.54) is 9.80 Å². The highest BCUT2D eigenvalue weighted by Crippen LogP contribution is 2.27. The molecule has 2 aliphatic rings. The van der Waals surface area contributed by atoms with Crippen LogP contribution in [0.2, 0.25) is 0 Å². The molecule has 0 aromatic rings. The Kier molecular flexibility index (Phi) is 8.94. The van der Waals surface area contributed by atoms with Crippen LogP contribution < -0.4 is 0 Å². The second-order valence-corrected chi connectivity index (χ2v) is 10.3. The van der Waals surface area contributed by atoms with Crippen molar-refractivity contribution in [3.05, 3.63) is 0 Å². The van der Waals surface area contributed by atoms with Crippen LogP contribution in [0.3, 0.4) is 0 Å². The molecule has 0 aromatic heterocycles. The topological polar surface area (TPSA) is 134 Å². The van der Waals surface area contributed by atoms with Crippen molar-refractivity contribution in [3.8, 4) is 0 Å². The molecule has 2 N–H and O–H groups in total. The Morgan fingerprint density at radius 2 is 0.938 bits per heavy atom. The highest BCUT2D eigenvalue weighted by Gasteiger charge is 2.41. The van der Waals surface area contributed by atoms with Crippen molar-refractivity contribution in [2.45, 2.75) is 116 Å². The van der Waals surface area contributed by atoms with Crippen LogP contribution in [0.1, 0.15) is 81.1 Å². The summed E-state index contributed by atoms with van der Waals surface area (Å²) in [5.41, 5.74) is -1.19. The van der Waals surface area contributed by atoms with Gasteiger partial charge in [0.05, 0.1) is 0 Å². The number of hydrogen-bond acceptors (Lipinski definition) is 6. The summed E-state index contributed by atoms with van der Waals surface area (Å²) in [6.45, 7) is 14.3. The molecule has 0 saturated carbocycles. The van der Waals surface area contributed by atoms with Gasteiger partial charge in [-0.2, -0.15) is 0 Å². The van der Waals surface area contributed by atoms with Gasteiger partial charge in [0.1, 0.15) is 23.3 Å². The van der Waals surface area contributed by atoms with Crippen molar-refractivity contribution in [3.63, 3.8) is 0 Å². The first-order chi connectivity index (χ1) is 14.4. The van der Waals surface area contributed by atoms with Crippen LogP contribution in [0.5, 0.6) is 0 Å². The average molecular weight is 459 g/mol. The maximum atomic E-state index is 11.8. The lowest BCUT2D eigenvalue weighted by atomic mass is 10.2. The number of carboxylic acid groups (broad SMARTS) is 2. The first-order valence-electron chi connectivity index (χ1n) is 10.9. The summed E-state index contributed by atoms with van der Waals surface area (Å²) < 4.78 is 10.4. The smallest absolute Gasteiger partial charge is 0.411 e. The van der Waals surface area contributed by atoms with Gasteiger partial charge < -0.3 is 19.7 Å². The number of carbonyl (C=O) groups excluding carboxylic acids is 2. The van der Waals surface area contributed by atoms with Crippen molar-refractivity contribution in [2.24, 2.45) is 0 Å². The second kappa shape index (κ2) is 10.4. The van der Waals surface area contributed by atoms with Gasteiger partial charge in [0, 0.05) is 12.1 Å². The first-order valence-corrected chi connectivity index (χ1v) is 10.9. The number of nitrogens with zero attached hydrogens (tertiary/aromatic N) is 2. The van der Waals surface area contributed by atoms with Crippen molar-refractivity contribution in [1.82, 2.24) is 9.80 Å². The molecule has 32 heavy (non-hydrogen) atoms. The summed E-state index contributed by atoms with van der Waals surface area (Å²) in [6, 6.07) is -1.64. The predicted molar refractivity (Wildman–Crippen MR) is 116 cm³/mol. The number of ether oxygens (including phenoxy) is 2. The largest absolute Gasteiger partial charge is 0.480 e. The third-order valence-corrected chi connectivity index (χ3v) is 5.12. The van der Waals surface area contributed by atoms with E-state index < -0.39 is 47.4 Å². The summed E-state index contributed by atoms with van der Waals surface area (Å²) in [4.78, 5) is 48.3. The molecule has 0 aliphatic carbocycles. The highest BCUT2D eigenvalue weighted by molar-refractivity contribution is 5.81. The molecule has 0 spiro atoms. The number of hydrogen-bond donors (Lipinski definition) is 2. The Morgan fingerprint density at radius 3 is 1.16 bits per heavy atom. The van der Waals surface area contributed by atoms with Gasteiger partial charge in [-0.25, -0.2) is 19.2 Å². The second-order valence-electron chi connectivity index (χ2n) is 10.3. The van der Waals surface area contributed by atoms with E-state index in [0.717, 1.165) is 0 Å². The predicted octanol–water partition coefficient (Wildman–Crippen LogP) is 3.72. The molecule has 2 saturated heterocycles. The summed E-state index contributed by atoms with van der Waals surface area (Å²) in [5, 5.41) is 18.0. The van der Waals surface area contributed by atoms with Crippen LogP contribution in [-0.2, 0) is 19.1 Å². The zero-order valence-electron chi connectivity index (χ0n) is 20.4. The third kappa shape index (κ3) is 7.87. The summed E-state index contributed by atoms with van der Waals surface area (Å²) in [7, 11) is 0. The lowest BCUT2D eigenvalue weighted by Gasteiger charge is -2.29. The van der Waals surface area contributed by atoms with Crippen molar-refractivity contribution in [1.29, 1.82) is 0 Å². The van der Waals surface area contributed by atoms with Crippen LogP contribution in [0, 0.1) is 0 Å². The number of rotatable bonds is 2. The minimum absolute atomic E-state index is 0.0732. The van der Waals surface area contributed by atoms with Gasteiger partial charge in [0.15, 0.2) is 0 Å². The summed E-state index contributed by atoms with van der Waals surface area (Å²) >= 11 is 0. The Morgan fingerprint density at radius 1 is 0.656 bits per heavy atom. The summed E-state index contributed by atoms with van der Waals surface area (Å²) in [6.07, 6.45) is 1.33. The molecule has 2 heterocycles. The Bertz CT molecular complexity index is 650. The third-order valence-electron chi connectivity index (χ3n) is 5.12. The van der Waals surface area contributed by atoms with Gasteiger partial charge in [0.2, 0.25) is 0 Å². The molecule has 10 nitrogen and oxygen atoms in total. The lowest BCUT2D eigenvalue weighted by molar-refractivity contribution is -0.143. The molecular weight excluding hydrogens is 420 g/mol. The standard InChI is InChI=1S/2C11H19NO4/c2*1-7-5-6-8(9(13)14)12(7)10(15)16-11(2,3)4/h2*7-8H,5-6H2,1-4H3,(H,13,14)/t2*7-,8-/m11/s1. The van der Waals surface area contributed by atoms with Gasteiger partial charge in [-0.3, -0.25) is 9.80 Å². The van der Waals surface area contributed by atoms with Gasteiger partial charge in [-0.05, 0) is 81.1 Å². The van der Waals surface area contributed by atoms with Crippen LogP contribution in [0.15, 0.2) is 0 Å². The van der Waals surface area contributed by atoms with E-state index in [-0.39, 0.29) is 12.1 Å². The number of amides is 2. The molecule has 10 heteroatoms. The minimum Gasteiger partial charge on any atom is -0.480 e. The fourth-order valence-corrected chi connectivity index (χ4v) is 3.70. The molecule has 0 radical (unpaired) electrons. The fraction of sp³-hybridized carbons (Fsp3) is 0.818. The van der Waals surface area contributed by atoms with Gasteiger partial charge in [-0.1, -0.05) is 0 Å². The van der Waals surface area contributed by atoms with Crippen LogP contribution in [0.25, 0.3) is 0 Å². The fourth-order valence-electron chi connectivity index (χ4n) is 3.70. The number of aliphatic carboxylic acids is 2. The van der Waals surface area contributed by atoms with Gasteiger partial charge in [0.25, 0.3) is 0 Å². The number of carbonyl (C=O) groups is 4. The molecule has 0 unspecified atom stereocenters. The van der Waals surface area contributed by atoms with E-state index in [1.54, 1.807) is 41.5 Å². The molecule has 4 atom stereocenters. The minimum atomic E-state index is -0.963. The van der Waals surface area contributed by atoms with Crippen molar-refractivity contribution >= 4 is 24.1 Å². The quantitative estimate of drug-likeness (QED) is 0.639. The maximum absolute atomic E-state index is 11.8. The number of carboxylic acids is 2. The van der Waals surface area contributed by atoms with Gasteiger partial charge in [-0.15, -0.1) is 0 Å². The zero-order valence-corrected chi connectivity index (χ0v) is 20.4. The molecule has 0 aromatic carbocycles. The van der Waals surface area contributed by atoms with Crippen LogP contribution in [0.4, 0.5) is 9.59 Å². The molecule has 2 rings (SSSR count). The zero-order chi connectivity index (χ0) is 25.0. The van der Waals surface area contributed by atoms with E-state index in [2.05, 4.69) is 0 Å². The monoisotopic (exact) mass is 458 g/mol. The van der Waals surface area contributed by atoms with Crippen molar-refractivity contribution in [2.75, 3.05) is 0 Å². The Labute approximate surface area is 189 Å². The van der Waals surface area contributed by atoms with Crippen LogP contribution >= 0.6 is 0 Å². The normalized spacial score (nSPS) is 25.6. The molecular formula is C22H38N2O8. The van der Waals surface area contributed by atoms with E-state index in [0.29, 0.717) is 25.7 Å². The molecule has 2 amide bonds. The average Bonchev–Trinajstić information content (AvgIpc) is 3.15. The molecule has 2 fully saturated rings. The highest BCUT2D eigenvalue weighted by atomic mass is 16.6. The summed E-state index contributed by atoms with van der Waals surface area (Å²) in [5.74, 6) is -1.93. The first kappa shape index (κ1) is 27.5. The Balaban J connectivity index is 0.000000320. The molecule has 0 bridgehead atoms. The molecule has 2 aliphatic heterocycles.